The fraction of sp³-hybridized carbons (Fsp3) is 0.333. The summed E-state index contributed by atoms with van der Waals surface area (Å²) in [6.45, 7) is 3.30. The Morgan fingerprint density at radius 1 is 1.67 bits per heavy atom. The van der Waals surface area contributed by atoms with Crippen molar-refractivity contribution in [2.24, 2.45) is 0 Å². The van der Waals surface area contributed by atoms with Crippen LogP contribution in [0.4, 0.5) is 0 Å². The van der Waals surface area contributed by atoms with E-state index in [-0.39, 0.29) is 23.5 Å². The van der Waals surface area contributed by atoms with Gasteiger partial charge in [-0.1, -0.05) is 0 Å². The van der Waals surface area contributed by atoms with Crippen LogP contribution in [-0.4, -0.2) is 5.97 Å². The van der Waals surface area contributed by atoms with Gasteiger partial charge in [-0.25, -0.2) is 12.2 Å². The largest absolute Gasteiger partial charge is 3.00 e. The third-order valence-electron chi connectivity index (χ3n) is 0.967. The molecule has 0 aromatic carbocycles. The van der Waals surface area contributed by atoms with Crippen LogP contribution in [0.2, 0.25) is 0 Å². The van der Waals surface area contributed by atoms with E-state index >= 15 is 0 Å². The molecule has 0 bridgehead atoms. The van der Waals surface area contributed by atoms with Crippen molar-refractivity contribution < 1.29 is 27.0 Å². The zero-order valence-electron chi connectivity index (χ0n) is 6.75. The zero-order chi connectivity index (χ0) is 8.53. The molecule has 0 aliphatic heterocycles. The number of hydrogen-bond acceptors (Lipinski definition) is 2. The fourth-order valence-corrected chi connectivity index (χ4v) is 0.485. The van der Waals surface area contributed by atoms with Crippen molar-refractivity contribution in [3.63, 3.8) is 0 Å². The van der Waals surface area contributed by atoms with E-state index in [4.69, 9.17) is 0 Å². The molecule has 0 N–H and O–H groups in total. The number of carboxylic acid groups (broad SMARTS) is 1. The smallest absolute Gasteiger partial charge is 0.550 e. The van der Waals surface area contributed by atoms with Crippen LogP contribution in [0.5, 0.6) is 0 Å². The molecule has 0 unspecified atom stereocenters. The molecule has 0 heterocycles. The summed E-state index contributed by atoms with van der Waals surface area (Å²) in [5.41, 5.74) is 0. The van der Waals surface area contributed by atoms with Crippen molar-refractivity contribution in [2.45, 2.75) is 19.3 Å². The number of rotatable bonds is 2. The molecule has 66 valence electrons. The first-order valence-electron chi connectivity index (χ1n) is 3.48. The number of carbonyl (C=O) groups is 1. The Morgan fingerprint density at radius 2 is 2.33 bits per heavy atom. The minimum Gasteiger partial charge on any atom is -0.550 e. The van der Waals surface area contributed by atoms with E-state index in [0.717, 1.165) is 6.42 Å². The molecular weight excluding hydrogens is 195 g/mol. The molecule has 2 nitrogen and oxygen atoms in total. The van der Waals surface area contributed by atoms with E-state index in [1.165, 1.54) is 0 Å². The van der Waals surface area contributed by atoms with E-state index in [1.54, 1.807) is 0 Å². The van der Waals surface area contributed by atoms with Gasteiger partial charge in [0.15, 0.2) is 0 Å². The van der Waals surface area contributed by atoms with E-state index in [9.17, 15) is 9.90 Å². The van der Waals surface area contributed by atoms with Crippen molar-refractivity contribution in [1.29, 1.82) is 0 Å². The molecule has 1 rings (SSSR count). The average molecular weight is 206 g/mol. The molecule has 0 saturated heterocycles. The maximum atomic E-state index is 9.45. The topological polar surface area (TPSA) is 40.1 Å². The quantitative estimate of drug-likeness (QED) is 0.491. The number of aliphatic carboxylic acids is 1. The predicted molar refractivity (Wildman–Crippen MR) is 41.2 cm³/mol. The van der Waals surface area contributed by atoms with Gasteiger partial charge in [0.2, 0.25) is 0 Å². The third-order valence-corrected chi connectivity index (χ3v) is 0.967. The fourth-order valence-electron chi connectivity index (χ4n) is 0.485. The van der Waals surface area contributed by atoms with E-state index in [1.807, 2.05) is 12.2 Å². The van der Waals surface area contributed by atoms with E-state index in [2.05, 4.69) is 19.1 Å². The van der Waals surface area contributed by atoms with Gasteiger partial charge in [0.1, 0.15) is 0 Å². The summed E-state index contributed by atoms with van der Waals surface area (Å²) in [6, 6.07) is 0. The molecule has 0 amide bonds. The van der Waals surface area contributed by atoms with Gasteiger partial charge in [0, 0.05) is 5.97 Å². The molecule has 0 aromatic heterocycles. The van der Waals surface area contributed by atoms with Crippen LogP contribution >= 0.6 is 0 Å². The number of hydrogen-bond donors (Lipinski definition) is 0. The summed E-state index contributed by atoms with van der Waals surface area (Å²) >= 11 is 0. The van der Waals surface area contributed by atoms with Crippen LogP contribution in [0.1, 0.15) is 19.3 Å². The molecule has 0 atom stereocenters. The number of allylic oxidation sites excluding steroid dienone is 4. The second kappa shape index (κ2) is 10.5. The Bertz CT molecular complexity index is 152. The van der Waals surface area contributed by atoms with Crippen molar-refractivity contribution in [1.82, 2.24) is 0 Å². The zero-order valence-corrected chi connectivity index (χ0v) is 7.94. The molecule has 0 saturated carbocycles. The number of carbonyl (C=O) groups excluding carboxylic acids is 1. The Balaban J connectivity index is 0. The van der Waals surface area contributed by atoms with Gasteiger partial charge in [-0.05, 0) is 6.42 Å². The Morgan fingerprint density at radius 3 is 2.42 bits per heavy atom. The second-order valence-corrected chi connectivity index (χ2v) is 1.98. The molecule has 3 heteroatoms. The number of carboxylic acids is 1. The van der Waals surface area contributed by atoms with Crippen LogP contribution < -0.4 is 5.11 Å². The third kappa shape index (κ3) is 12.2. The minimum atomic E-state index is -1.02. The normalized spacial score (nSPS) is 11.4. The second-order valence-electron chi connectivity index (χ2n) is 1.98. The summed E-state index contributed by atoms with van der Waals surface area (Å²) in [7, 11) is 0. The SMILES string of the molecule is [C-]1=CC=CC1.[CH2-]CCC(=O)[O-].[Mn+3]. The average Bonchev–Trinajstić information content (AvgIpc) is 2.41. The van der Waals surface area contributed by atoms with Gasteiger partial charge < -0.3 is 16.8 Å². The van der Waals surface area contributed by atoms with Crippen molar-refractivity contribution in [3.8, 4) is 0 Å². The Hall–Kier alpha value is -0.531. The van der Waals surface area contributed by atoms with Gasteiger partial charge in [-0.15, -0.1) is 6.42 Å². The minimum absolute atomic E-state index is 0. The monoisotopic (exact) mass is 206 g/mol. The molecular formula is C9H11MnO2. The predicted octanol–water partition coefficient (Wildman–Crippen LogP) is 0.654. The summed E-state index contributed by atoms with van der Waals surface area (Å²) in [6.07, 6.45) is 10.5. The van der Waals surface area contributed by atoms with Gasteiger partial charge in [0.25, 0.3) is 0 Å². The van der Waals surface area contributed by atoms with Gasteiger partial charge in [0.05, 0.1) is 0 Å². The van der Waals surface area contributed by atoms with Crippen LogP contribution in [0.15, 0.2) is 18.2 Å². The van der Waals surface area contributed by atoms with Crippen molar-refractivity contribution in [3.05, 3.63) is 31.2 Å². The summed E-state index contributed by atoms with van der Waals surface area (Å²) < 4.78 is 0. The first-order valence-corrected chi connectivity index (χ1v) is 3.48. The first-order chi connectivity index (χ1) is 5.27. The van der Waals surface area contributed by atoms with Crippen LogP contribution in [0.25, 0.3) is 0 Å². The Kier molecular flexibility index (Phi) is 12.2. The van der Waals surface area contributed by atoms with Crippen LogP contribution in [0, 0.1) is 13.0 Å². The molecule has 1 aliphatic rings. The molecule has 12 heavy (non-hydrogen) atoms. The Labute approximate surface area is 83.8 Å². The maximum Gasteiger partial charge on any atom is 3.00 e. The van der Waals surface area contributed by atoms with Crippen molar-refractivity contribution >= 4 is 5.97 Å². The summed E-state index contributed by atoms with van der Waals surface area (Å²) in [4.78, 5) is 9.45. The van der Waals surface area contributed by atoms with E-state index < -0.39 is 5.97 Å². The first kappa shape index (κ1) is 14.0. The standard InChI is InChI=1S/C5H5.C4H7O2.Mn/c1-2-4-5-3-1;1-2-3-4(5)6;/h1-3H,4H2;1-3H2,(H,5,6);/q2*-1;+3/p-1. The molecule has 0 aromatic rings. The summed E-state index contributed by atoms with van der Waals surface area (Å²) in [5.74, 6) is -1.02. The van der Waals surface area contributed by atoms with E-state index in [0.29, 0.717) is 6.42 Å². The molecule has 1 aliphatic carbocycles. The van der Waals surface area contributed by atoms with Crippen LogP contribution in [-0.2, 0) is 21.9 Å². The van der Waals surface area contributed by atoms with Crippen molar-refractivity contribution in [2.75, 3.05) is 0 Å². The summed E-state index contributed by atoms with van der Waals surface area (Å²) in [5, 5.41) is 9.45. The van der Waals surface area contributed by atoms with Gasteiger partial charge in [-0.2, -0.15) is 12.5 Å². The molecule has 0 spiro atoms. The van der Waals surface area contributed by atoms with Gasteiger partial charge in [-0.3, -0.25) is 6.08 Å². The van der Waals surface area contributed by atoms with Gasteiger partial charge >= 0.3 is 17.1 Å². The van der Waals surface area contributed by atoms with Crippen LogP contribution in [0.3, 0.4) is 0 Å². The molecule has 0 radical (unpaired) electrons. The molecule has 0 fully saturated rings. The maximum absolute atomic E-state index is 9.45.